The summed E-state index contributed by atoms with van der Waals surface area (Å²) >= 11 is 0. The summed E-state index contributed by atoms with van der Waals surface area (Å²) < 4.78 is 12.8. The predicted molar refractivity (Wildman–Crippen MR) is 215 cm³/mol. The van der Waals surface area contributed by atoms with Crippen molar-refractivity contribution in [3.8, 4) is 28.8 Å². The molecule has 282 valence electrons. The molecule has 0 amide bonds. The van der Waals surface area contributed by atoms with Gasteiger partial charge in [0.1, 0.15) is 5.82 Å². The number of ether oxygens (including phenoxy) is 1. The van der Waals surface area contributed by atoms with E-state index < -0.39 is 0 Å². The van der Waals surface area contributed by atoms with Crippen LogP contribution in [-0.4, -0.2) is 19.1 Å². The third-order valence-electron chi connectivity index (χ3n) is 9.88. The number of fused-ring (bicyclic) bond motifs is 3. The van der Waals surface area contributed by atoms with Gasteiger partial charge in [0.2, 0.25) is 0 Å². The fraction of sp³-hybridized carbons (Fsp3) is 0.340. The van der Waals surface area contributed by atoms with Gasteiger partial charge in [-0.25, -0.2) is 4.98 Å². The van der Waals surface area contributed by atoms with Gasteiger partial charge in [0.25, 0.3) is 6.33 Å². The number of aromatic nitrogens is 5. The molecule has 3 aromatic carbocycles. The first-order chi connectivity index (χ1) is 24.8. The molecule has 0 aliphatic rings. The van der Waals surface area contributed by atoms with Crippen LogP contribution < -0.4 is 9.30 Å². The molecule has 7 aromatic rings. The number of benzene rings is 3. The van der Waals surface area contributed by atoms with Crippen LogP contribution in [0.15, 0.2) is 91.4 Å². The van der Waals surface area contributed by atoms with Crippen LogP contribution in [-0.2, 0) is 42.7 Å². The van der Waals surface area contributed by atoms with Gasteiger partial charge < -0.3 is 9.30 Å². The van der Waals surface area contributed by atoms with Crippen LogP contribution in [0.4, 0.5) is 0 Å². The monoisotopic (exact) mass is 896 g/mol. The molecular formula is C47H51N5OPt-2. The van der Waals surface area contributed by atoms with Crippen molar-refractivity contribution >= 4 is 21.8 Å². The van der Waals surface area contributed by atoms with Crippen LogP contribution >= 0.6 is 0 Å². The molecule has 0 saturated heterocycles. The van der Waals surface area contributed by atoms with Crippen molar-refractivity contribution in [2.24, 2.45) is 0 Å². The smallest absolute Gasteiger partial charge is 0.269 e. The molecule has 0 aliphatic carbocycles. The topological polar surface area (TPSA) is 48.8 Å². The SMILES string of the molecule is CC(C)(C)c1cc(-[n+]2[c-]n(-c3[c-]c(Oc4[c-]c5c(cc4)c4ccccc4n5-c4cc(C(C)(C)C)ccn4)ccn3)cc2C(C)(C)C)cc(C(C)(C)C)c1.[Pt]. The van der Waals surface area contributed by atoms with E-state index in [1.165, 1.54) is 16.7 Å². The predicted octanol–water partition coefficient (Wildman–Crippen LogP) is 11.0. The van der Waals surface area contributed by atoms with Gasteiger partial charge in [-0.2, -0.15) is 18.2 Å². The van der Waals surface area contributed by atoms with Crippen molar-refractivity contribution < 1.29 is 30.4 Å². The number of hydrogen-bond donors (Lipinski definition) is 0. The number of rotatable bonds is 5. The second-order valence-corrected chi connectivity index (χ2v) is 18.3. The zero-order valence-electron chi connectivity index (χ0n) is 33.6. The minimum Gasteiger partial charge on any atom is -0.522 e. The Balaban J connectivity index is 0.00000497. The zero-order chi connectivity index (χ0) is 38.1. The molecule has 4 heterocycles. The molecule has 6 nitrogen and oxygen atoms in total. The van der Waals surface area contributed by atoms with Crippen LogP contribution in [0.5, 0.6) is 11.5 Å². The molecule has 0 bridgehead atoms. The van der Waals surface area contributed by atoms with Gasteiger partial charge in [0, 0.05) is 44.7 Å². The van der Waals surface area contributed by atoms with Gasteiger partial charge in [0.15, 0.2) is 0 Å². The van der Waals surface area contributed by atoms with Crippen molar-refractivity contribution in [1.29, 1.82) is 0 Å². The molecule has 0 fully saturated rings. The summed E-state index contributed by atoms with van der Waals surface area (Å²) in [6.45, 7) is 26.9. The molecule has 0 spiro atoms. The maximum atomic E-state index is 6.49. The largest absolute Gasteiger partial charge is 0.522 e. The molecule has 0 atom stereocenters. The van der Waals surface area contributed by atoms with E-state index in [0.717, 1.165) is 39.0 Å². The Morgan fingerprint density at radius 3 is 1.89 bits per heavy atom. The Morgan fingerprint density at radius 1 is 0.611 bits per heavy atom. The molecule has 7 rings (SSSR count). The standard InChI is InChI=1S/C47H51N5O.Pt/c1-44(2,3)31-19-21-49-43(26-31)52-39-16-14-13-15-37(39)38-18-17-35(27-40(38)52)53-36-20-22-48-42(28-36)50-29-41(47(10,11)12)51(30-50)34-24-32(45(4,5)6)23-33(25-34)46(7,8)9;/h13-26,29H,1-12H3;/q-2;. The van der Waals surface area contributed by atoms with Crippen LogP contribution in [0.2, 0.25) is 0 Å². The normalized spacial score (nSPS) is 12.7. The number of hydrogen-bond acceptors (Lipinski definition) is 3. The van der Waals surface area contributed by atoms with E-state index in [0.29, 0.717) is 17.3 Å². The van der Waals surface area contributed by atoms with Crippen LogP contribution in [0, 0.1) is 18.5 Å². The second kappa shape index (κ2) is 13.9. The van der Waals surface area contributed by atoms with E-state index in [2.05, 4.69) is 178 Å². The molecule has 0 aliphatic heterocycles. The Hall–Kier alpha value is -4.54. The number of imidazole rings is 1. The van der Waals surface area contributed by atoms with Crippen LogP contribution in [0.3, 0.4) is 0 Å². The van der Waals surface area contributed by atoms with E-state index in [-0.39, 0.29) is 42.7 Å². The van der Waals surface area contributed by atoms with Crippen molar-refractivity contribution in [3.05, 3.63) is 132 Å². The first-order valence-corrected chi connectivity index (χ1v) is 18.5. The number of para-hydroxylation sites is 1. The summed E-state index contributed by atoms with van der Waals surface area (Å²) in [4.78, 5) is 9.53. The average molecular weight is 897 g/mol. The van der Waals surface area contributed by atoms with Gasteiger partial charge in [-0.15, -0.1) is 17.5 Å². The fourth-order valence-electron chi connectivity index (χ4n) is 6.65. The van der Waals surface area contributed by atoms with Crippen molar-refractivity contribution in [3.63, 3.8) is 0 Å². The summed E-state index contributed by atoms with van der Waals surface area (Å²) in [7, 11) is 0. The minimum atomic E-state index is -0.167. The van der Waals surface area contributed by atoms with Crippen LogP contribution in [0.25, 0.3) is 39.1 Å². The average Bonchev–Trinajstić information content (AvgIpc) is 3.68. The molecule has 54 heavy (non-hydrogen) atoms. The molecule has 0 radical (unpaired) electrons. The second-order valence-electron chi connectivity index (χ2n) is 18.3. The van der Waals surface area contributed by atoms with Crippen molar-refractivity contribution in [1.82, 2.24) is 19.1 Å². The zero-order valence-corrected chi connectivity index (χ0v) is 35.9. The first kappa shape index (κ1) is 39.2. The first-order valence-electron chi connectivity index (χ1n) is 18.5. The molecule has 7 heteroatoms. The third-order valence-corrected chi connectivity index (χ3v) is 9.88. The summed E-state index contributed by atoms with van der Waals surface area (Å²) in [6, 6.07) is 32.5. The van der Waals surface area contributed by atoms with Gasteiger partial charge in [-0.1, -0.05) is 119 Å². The summed E-state index contributed by atoms with van der Waals surface area (Å²) in [6.07, 6.45) is 9.37. The fourth-order valence-corrected chi connectivity index (χ4v) is 6.65. The quantitative estimate of drug-likeness (QED) is 0.128. The Bertz CT molecular complexity index is 2450. The van der Waals surface area contributed by atoms with Crippen LogP contribution in [0.1, 0.15) is 105 Å². The van der Waals surface area contributed by atoms with Crippen molar-refractivity contribution in [2.45, 2.75) is 105 Å². The van der Waals surface area contributed by atoms with E-state index in [1.807, 2.05) is 22.9 Å². The maximum Gasteiger partial charge on any atom is 0.269 e. The minimum absolute atomic E-state index is 0. The maximum absolute atomic E-state index is 6.49. The molecule has 0 unspecified atom stereocenters. The van der Waals surface area contributed by atoms with E-state index in [1.54, 1.807) is 6.20 Å². The van der Waals surface area contributed by atoms with Crippen molar-refractivity contribution in [2.75, 3.05) is 0 Å². The molecular weight excluding hydrogens is 846 g/mol. The van der Waals surface area contributed by atoms with Gasteiger partial charge in [0.05, 0.1) is 17.2 Å². The molecule has 0 saturated carbocycles. The number of pyridine rings is 2. The van der Waals surface area contributed by atoms with E-state index in [9.17, 15) is 0 Å². The Morgan fingerprint density at radius 2 is 1.24 bits per heavy atom. The summed E-state index contributed by atoms with van der Waals surface area (Å²) in [5, 5.41) is 2.22. The van der Waals surface area contributed by atoms with E-state index in [4.69, 9.17) is 14.7 Å². The third kappa shape index (κ3) is 7.68. The number of nitrogens with zero attached hydrogens (tertiary/aromatic N) is 5. The molecule has 0 N–H and O–H groups in total. The Labute approximate surface area is 335 Å². The van der Waals surface area contributed by atoms with Gasteiger partial charge >= 0.3 is 0 Å². The van der Waals surface area contributed by atoms with Gasteiger partial charge in [-0.3, -0.25) is 14.1 Å². The van der Waals surface area contributed by atoms with E-state index >= 15 is 0 Å². The van der Waals surface area contributed by atoms with Gasteiger partial charge in [-0.05, 0) is 79.8 Å². The molecule has 4 aromatic heterocycles. The summed E-state index contributed by atoms with van der Waals surface area (Å²) in [5.41, 5.74) is 7.76. The Kier molecular flexibility index (Phi) is 10.1. The summed E-state index contributed by atoms with van der Waals surface area (Å²) in [5.74, 6) is 2.56.